The van der Waals surface area contributed by atoms with Gasteiger partial charge in [-0.1, -0.05) is 18.2 Å². The van der Waals surface area contributed by atoms with E-state index >= 15 is 0 Å². The maximum Gasteiger partial charge on any atom is 0.251 e. The van der Waals surface area contributed by atoms with Crippen LogP contribution in [0.1, 0.15) is 39.6 Å². The summed E-state index contributed by atoms with van der Waals surface area (Å²) in [5.74, 6) is 0.454. The molecule has 0 spiro atoms. The van der Waals surface area contributed by atoms with Crippen molar-refractivity contribution in [1.29, 1.82) is 0 Å². The molecule has 2 aromatic heterocycles. The Kier molecular flexibility index (Phi) is 4.24. The smallest absolute Gasteiger partial charge is 0.251 e. The van der Waals surface area contributed by atoms with Gasteiger partial charge in [0.2, 0.25) is 0 Å². The Morgan fingerprint density at radius 2 is 2.20 bits per heavy atom. The molecule has 25 heavy (non-hydrogen) atoms. The Labute approximate surface area is 147 Å². The predicted molar refractivity (Wildman–Crippen MR) is 97.8 cm³/mol. The van der Waals surface area contributed by atoms with Crippen LogP contribution in [0.15, 0.2) is 48.7 Å². The number of nitrogens with one attached hydrogen (secondary N) is 2. The van der Waals surface area contributed by atoms with E-state index in [0.29, 0.717) is 18.0 Å². The number of hydrogen-bond donors (Lipinski definition) is 2. The van der Waals surface area contributed by atoms with Gasteiger partial charge in [-0.2, -0.15) is 0 Å². The number of aryl methyl sites for hydroxylation is 1. The molecule has 0 radical (unpaired) electrons. The number of imidazole rings is 1. The van der Waals surface area contributed by atoms with Gasteiger partial charge in [-0.3, -0.25) is 4.79 Å². The zero-order chi connectivity index (χ0) is 17.2. The number of amides is 1. The van der Waals surface area contributed by atoms with E-state index in [1.165, 1.54) is 5.56 Å². The summed E-state index contributed by atoms with van der Waals surface area (Å²) in [4.78, 5) is 17.1. The summed E-state index contributed by atoms with van der Waals surface area (Å²) in [5, 5.41) is 6.36. The van der Waals surface area contributed by atoms with Crippen LogP contribution < -0.4 is 10.6 Å². The van der Waals surface area contributed by atoms with Crippen molar-refractivity contribution in [2.24, 2.45) is 0 Å². The number of nitrogens with zero attached hydrogens (tertiary/aromatic N) is 2. The highest BCUT2D eigenvalue weighted by Gasteiger charge is 2.17. The molecular weight excluding hydrogens is 312 g/mol. The van der Waals surface area contributed by atoms with Crippen LogP contribution in [0.4, 0.5) is 0 Å². The van der Waals surface area contributed by atoms with Crippen molar-refractivity contribution in [3.05, 3.63) is 71.2 Å². The fraction of sp³-hybridized carbons (Fsp3) is 0.300. The Bertz CT molecular complexity index is 909. The number of carbonyl (C=O) groups is 1. The Morgan fingerprint density at radius 1 is 1.32 bits per heavy atom. The van der Waals surface area contributed by atoms with Crippen molar-refractivity contribution in [3.8, 4) is 0 Å². The normalized spacial score (nSPS) is 17.1. The Morgan fingerprint density at radius 3 is 3.00 bits per heavy atom. The zero-order valence-electron chi connectivity index (χ0n) is 14.3. The third-order valence-electron chi connectivity index (χ3n) is 4.86. The molecular formula is C20H22N4O. The number of aromatic nitrogens is 2. The van der Waals surface area contributed by atoms with E-state index in [0.717, 1.165) is 36.5 Å². The molecule has 1 saturated heterocycles. The number of carbonyl (C=O) groups excluding carboxylic acids is 1. The third kappa shape index (κ3) is 3.28. The summed E-state index contributed by atoms with van der Waals surface area (Å²) in [7, 11) is 0. The van der Waals surface area contributed by atoms with Crippen molar-refractivity contribution < 1.29 is 4.79 Å². The van der Waals surface area contributed by atoms with Gasteiger partial charge in [0, 0.05) is 24.0 Å². The first-order valence-corrected chi connectivity index (χ1v) is 8.73. The lowest BCUT2D eigenvalue weighted by Crippen LogP contribution is -2.23. The lowest BCUT2D eigenvalue weighted by atomic mass is 9.96. The predicted octanol–water partition coefficient (Wildman–Crippen LogP) is 2.65. The minimum atomic E-state index is -0.0541. The molecule has 1 aliphatic heterocycles. The fourth-order valence-corrected chi connectivity index (χ4v) is 3.43. The zero-order valence-corrected chi connectivity index (χ0v) is 14.3. The molecule has 1 atom stereocenters. The van der Waals surface area contributed by atoms with Gasteiger partial charge in [0.05, 0.1) is 12.2 Å². The second kappa shape index (κ2) is 6.69. The van der Waals surface area contributed by atoms with Crippen LogP contribution in [-0.2, 0) is 6.54 Å². The lowest BCUT2D eigenvalue weighted by molar-refractivity contribution is 0.0950. The van der Waals surface area contributed by atoms with Gasteiger partial charge in [0.1, 0.15) is 5.65 Å². The van der Waals surface area contributed by atoms with Crippen molar-refractivity contribution in [1.82, 2.24) is 20.0 Å². The molecule has 1 aliphatic rings. The summed E-state index contributed by atoms with van der Waals surface area (Å²) < 4.78 is 2.04. The van der Waals surface area contributed by atoms with Crippen LogP contribution in [0.3, 0.4) is 0 Å². The Balaban J connectivity index is 1.46. The third-order valence-corrected chi connectivity index (χ3v) is 4.86. The fourth-order valence-electron chi connectivity index (χ4n) is 3.43. The highest BCUT2D eigenvalue weighted by Crippen LogP contribution is 2.23. The molecule has 1 amide bonds. The van der Waals surface area contributed by atoms with Gasteiger partial charge in [-0.05, 0) is 55.6 Å². The summed E-state index contributed by atoms with van der Waals surface area (Å²) in [6, 6.07) is 14.0. The number of fused-ring (bicyclic) bond motifs is 1. The van der Waals surface area contributed by atoms with Crippen LogP contribution >= 0.6 is 0 Å². The molecule has 5 heteroatoms. The first kappa shape index (κ1) is 15.8. The average Bonchev–Trinajstić information content (AvgIpc) is 3.30. The standard InChI is InChI=1S/C20H22N4O/c1-14-4-2-7-19-23-18(13-24(14)19)12-22-20(25)16-6-3-5-15(10-16)17-8-9-21-11-17/h2-7,10,13,17,21H,8-9,11-12H2,1H3,(H,22,25). The van der Waals surface area contributed by atoms with Gasteiger partial charge in [-0.25, -0.2) is 4.98 Å². The van der Waals surface area contributed by atoms with Gasteiger partial charge >= 0.3 is 0 Å². The molecule has 1 unspecified atom stereocenters. The van der Waals surface area contributed by atoms with E-state index in [9.17, 15) is 4.79 Å². The van der Waals surface area contributed by atoms with E-state index in [2.05, 4.69) is 21.7 Å². The minimum absolute atomic E-state index is 0.0541. The molecule has 0 saturated carbocycles. The van der Waals surface area contributed by atoms with Gasteiger partial charge in [-0.15, -0.1) is 0 Å². The summed E-state index contributed by atoms with van der Waals surface area (Å²) in [5.41, 5.74) is 4.84. The molecule has 4 rings (SSSR count). The van der Waals surface area contributed by atoms with Gasteiger partial charge in [0.25, 0.3) is 5.91 Å². The number of benzene rings is 1. The van der Waals surface area contributed by atoms with Crippen LogP contribution in [0.25, 0.3) is 5.65 Å². The first-order chi connectivity index (χ1) is 12.2. The first-order valence-electron chi connectivity index (χ1n) is 8.73. The highest BCUT2D eigenvalue weighted by atomic mass is 16.1. The van der Waals surface area contributed by atoms with Crippen LogP contribution in [-0.4, -0.2) is 28.4 Å². The average molecular weight is 334 g/mol. The molecule has 0 bridgehead atoms. The van der Waals surface area contributed by atoms with E-state index in [-0.39, 0.29) is 5.91 Å². The van der Waals surface area contributed by atoms with E-state index in [4.69, 9.17) is 0 Å². The largest absolute Gasteiger partial charge is 0.346 e. The Hall–Kier alpha value is -2.66. The van der Waals surface area contributed by atoms with E-state index in [1.54, 1.807) is 0 Å². The topological polar surface area (TPSA) is 58.4 Å². The van der Waals surface area contributed by atoms with E-state index < -0.39 is 0 Å². The summed E-state index contributed by atoms with van der Waals surface area (Å²) in [6.45, 7) is 4.51. The van der Waals surface area contributed by atoms with Gasteiger partial charge < -0.3 is 15.0 Å². The summed E-state index contributed by atoms with van der Waals surface area (Å²) in [6.07, 6.45) is 3.11. The summed E-state index contributed by atoms with van der Waals surface area (Å²) >= 11 is 0. The second-order valence-electron chi connectivity index (χ2n) is 6.63. The SMILES string of the molecule is Cc1cccc2nc(CNC(=O)c3cccc(C4CCNC4)c3)cn12. The molecule has 5 nitrogen and oxygen atoms in total. The van der Waals surface area contributed by atoms with Crippen molar-refractivity contribution in [2.45, 2.75) is 25.8 Å². The van der Waals surface area contributed by atoms with Crippen molar-refractivity contribution >= 4 is 11.6 Å². The second-order valence-corrected chi connectivity index (χ2v) is 6.63. The van der Waals surface area contributed by atoms with Crippen LogP contribution in [0, 0.1) is 6.92 Å². The minimum Gasteiger partial charge on any atom is -0.346 e. The molecule has 1 fully saturated rings. The molecule has 0 aliphatic carbocycles. The maximum absolute atomic E-state index is 12.5. The van der Waals surface area contributed by atoms with E-state index in [1.807, 2.05) is 53.9 Å². The molecule has 3 aromatic rings. The number of rotatable bonds is 4. The number of pyridine rings is 1. The molecule has 2 N–H and O–H groups in total. The van der Waals surface area contributed by atoms with Crippen molar-refractivity contribution in [3.63, 3.8) is 0 Å². The molecule has 128 valence electrons. The lowest BCUT2D eigenvalue weighted by Gasteiger charge is -2.10. The van der Waals surface area contributed by atoms with Gasteiger partial charge in [0.15, 0.2) is 0 Å². The molecule has 3 heterocycles. The quantitative estimate of drug-likeness (QED) is 0.771. The van der Waals surface area contributed by atoms with Crippen LogP contribution in [0.2, 0.25) is 0 Å². The number of hydrogen-bond acceptors (Lipinski definition) is 3. The van der Waals surface area contributed by atoms with Crippen molar-refractivity contribution in [2.75, 3.05) is 13.1 Å². The maximum atomic E-state index is 12.5. The molecule has 1 aromatic carbocycles. The van der Waals surface area contributed by atoms with Crippen LogP contribution in [0.5, 0.6) is 0 Å². The highest BCUT2D eigenvalue weighted by molar-refractivity contribution is 5.94. The monoisotopic (exact) mass is 334 g/mol.